The lowest BCUT2D eigenvalue weighted by Crippen LogP contribution is -2.43. The van der Waals surface area contributed by atoms with Crippen molar-refractivity contribution in [2.45, 2.75) is 128 Å². The van der Waals surface area contributed by atoms with Crippen molar-refractivity contribution in [3.05, 3.63) is 42.0 Å². The normalized spacial score (nSPS) is 28.0. The number of aliphatic hydroxyl groups excluding tert-OH is 1. The predicted octanol–water partition coefficient (Wildman–Crippen LogP) is 7.36. The summed E-state index contributed by atoms with van der Waals surface area (Å²) in [7, 11) is -3.63. The fourth-order valence-corrected chi connectivity index (χ4v) is 9.89. The molecule has 0 spiro atoms. The van der Waals surface area contributed by atoms with E-state index in [-0.39, 0.29) is 23.9 Å². The molecule has 1 heterocycles. The summed E-state index contributed by atoms with van der Waals surface area (Å²) in [5.74, 6) is 1.61. The Hall–Kier alpha value is -1.21. The first-order valence-electron chi connectivity index (χ1n) is 15.7. The molecule has 0 radical (unpaired) electrons. The van der Waals surface area contributed by atoms with E-state index in [1.54, 1.807) is 24.3 Å². The van der Waals surface area contributed by atoms with E-state index in [0.29, 0.717) is 55.1 Å². The fourth-order valence-electron chi connectivity index (χ4n) is 7.88. The Balaban J connectivity index is 1.91. The zero-order valence-electron chi connectivity index (χ0n) is 25.9. The second kappa shape index (κ2) is 14.3. The van der Waals surface area contributed by atoms with Crippen molar-refractivity contribution in [1.29, 1.82) is 0 Å². The summed E-state index contributed by atoms with van der Waals surface area (Å²) in [6.45, 7) is 14.3. The van der Waals surface area contributed by atoms with Crippen LogP contribution in [0.5, 0.6) is 0 Å². The molecule has 6 heteroatoms. The molecule has 1 aromatic carbocycles. The smallest absolute Gasteiger partial charge is 0.181 e. The molecule has 3 rings (SSSR count). The average Bonchev–Trinajstić information content (AvgIpc) is 3.27. The van der Waals surface area contributed by atoms with Crippen LogP contribution in [0, 0.1) is 29.1 Å². The van der Waals surface area contributed by atoms with E-state index >= 15 is 0 Å². The lowest BCUT2D eigenvalue weighted by Gasteiger charge is -2.44. The highest BCUT2D eigenvalue weighted by atomic mass is 32.2. The Morgan fingerprint density at radius 1 is 1.07 bits per heavy atom. The Bertz CT molecular complexity index is 1040. The van der Waals surface area contributed by atoms with Gasteiger partial charge in [-0.25, -0.2) is 8.42 Å². The zero-order valence-corrected chi connectivity index (χ0v) is 26.8. The van der Waals surface area contributed by atoms with Crippen molar-refractivity contribution < 1.29 is 23.4 Å². The van der Waals surface area contributed by atoms with Gasteiger partial charge in [0.25, 0.3) is 0 Å². The minimum Gasteiger partial charge on any atom is -0.393 e. The minimum absolute atomic E-state index is 0.0289. The molecule has 1 aliphatic carbocycles. The standard InChI is InChI=1S/C34H56O5S/c1-7-28(35)17-18-33(6)31(26(4)14-13-25(2)3)15-16-32(33)27(5)23-30(24-34(36)19-21-39-22-20-34)40(37,38)29-11-9-8-10-12-29/h8-13,26-28,30-32,35-36H,7,14-24H2,1-6H3/t26-,27+,28?,30?,31-,32+,33-/m0/s1. The third kappa shape index (κ3) is 8.20. The Morgan fingerprint density at radius 3 is 2.25 bits per heavy atom. The van der Waals surface area contributed by atoms with Gasteiger partial charge >= 0.3 is 0 Å². The molecule has 2 unspecified atom stereocenters. The van der Waals surface area contributed by atoms with Crippen LogP contribution in [0.15, 0.2) is 46.9 Å². The van der Waals surface area contributed by atoms with E-state index in [2.05, 4.69) is 40.7 Å². The molecular weight excluding hydrogens is 520 g/mol. The minimum atomic E-state index is -3.63. The molecule has 7 atom stereocenters. The van der Waals surface area contributed by atoms with Crippen molar-refractivity contribution >= 4 is 9.84 Å². The number of ether oxygens (including phenoxy) is 1. The maximum atomic E-state index is 14.1. The third-order valence-electron chi connectivity index (χ3n) is 10.4. The van der Waals surface area contributed by atoms with Gasteiger partial charge in [0.05, 0.1) is 21.9 Å². The zero-order chi connectivity index (χ0) is 29.6. The van der Waals surface area contributed by atoms with Crippen molar-refractivity contribution in [3.8, 4) is 0 Å². The Morgan fingerprint density at radius 2 is 1.68 bits per heavy atom. The molecule has 0 amide bonds. The van der Waals surface area contributed by atoms with Gasteiger partial charge in [0.2, 0.25) is 0 Å². The first kappa shape index (κ1) is 33.3. The van der Waals surface area contributed by atoms with Gasteiger partial charge in [-0.15, -0.1) is 0 Å². The highest BCUT2D eigenvalue weighted by molar-refractivity contribution is 7.92. The lowest BCUT2D eigenvalue weighted by atomic mass is 9.62. The molecular formula is C34H56O5S. The van der Waals surface area contributed by atoms with Gasteiger partial charge in [-0.05, 0) is 119 Å². The highest BCUT2D eigenvalue weighted by Crippen LogP contribution is 2.58. The van der Waals surface area contributed by atoms with Crippen molar-refractivity contribution in [1.82, 2.24) is 0 Å². The molecule has 1 aromatic rings. The van der Waals surface area contributed by atoms with E-state index in [4.69, 9.17) is 4.74 Å². The number of benzene rings is 1. The Kier molecular flexibility index (Phi) is 11.9. The van der Waals surface area contributed by atoms with Gasteiger partial charge in [-0.3, -0.25) is 0 Å². The number of aliphatic hydroxyl groups is 2. The van der Waals surface area contributed by atoms with E-state index in [1.165, 1.54) is 5.57 Å². The van der Waals surface area contributed by atoms with Crippen LogP contribution in [0.2, 0.25) is 0 Å². The molecule has 1 saturated carbocycles. The largest absolute Gasteiger partial charge is 0.393 e. The quantitative estimate of drug-likeness (QED) is 0.226. The number of sulfone groups is 1. The molecule has 2 aliphatic rings. The average molecular weight is 577 g/mol. The summed E-state index contributed by atoms with van der Waals surface area (Å²) in [4.78, 5) is 0.344. The lowest BCUT2D eigenvalue weighted by molar-refractivity contribution is -0.0693. The first-order chi connectivity index (χ1) is 18.8. The van der Waals surface area contributed by atoms with Gasteiger partial charge in [0.1, 0.15) is 0 Å². The Labute approximate surface area is 244 Å². The number of hydrogen-bond acceptors (Lipinski definition) is 5. The van der Waals surface area contributed by atoms with Crippen LogP contribution in [0.3, 0.4) is 0 Å². The van der Waals surface area contributed by atoms with Gasteiger partial charge in [-0.2, -0.15) is 0 Å². The maximum Gasteiger partial charge on any atom is 0.181 e. The van der Waals surface area contributed by atoms with E-state index in [1.807, 2.05) is 13.0 Å². The van der Waals surface area contributed by atoms with E-state index < -0.39 is 20.7 Å². The number of hydrogen-bond donors (Lipinski definition) is 2. The molecule has 40 heavy (non-hydrogen) atoms. The number of allylic oxidation sites excluding steroid dienone is 2. The highest BCUT2D eigenvalue weighted by Gasteiger charge is 2.50. The molecule has 0 bridgehead atoms. The van der Waals surface area contributed by atoms with Crippen molar-refractivity contribution in [2.75, 3.05) is 13.2 Å². The monoisotopic (exact) mass is 576 g/mol. The first-order valence-corrected chi connectivity index (χ1v) is 17.3. The van der Waals surface area contributed by atoms with Crippen LogP contribution < -0.4 is 0 Å². The van der Waals surface area contributed by atoms with Gasteiger partial charge in [0, 0.05) is 13.2 Å². The summed E-state index contributed by atoms with van der Waals surface area (Å²) in [5.41, 5.74) is 0.356. The summed E-state index contributed by atoms with van der Waals surface area (Å²) in [6, 6.07) is 8.78. The van der Waals surface area contributed by atoms with Gasteiger partial charge < -0.3 is 14.9 Å². The maximum absolute atomic E-state index is 14.1. The second-order valence-corrected chi connectivity index (χ2v) is 15.9. The second-order valence-electron chi connectivity index (χ2n) is 13.6. The molecule has 0 aromatic heterocycles. The van der Waals surface area contributed by atoms with Crippen LogP contribution in [0.1, 0.15) is 106 Å². The molecule has 2 N–H and O–H groups in total. The summed E-state index contributed by atoms with van der Waals surface area (Å²) in [5, 5.41) is 21.3. The van der Waals surface area contributed by atoms with Crippen LogP contribution in [-0.4, -0.2) is 48.8 Å². The van der Waals surface area contributed by atoms with Crippen LogP contribution in [-0.2, 0) is 14.6 Å². The SMILES string of the molecule is CCC(O)CC[C@]1(C)[C@@H]([C@H](C)CC(CC2(O)CCOCC2)S(=O)(=O)c2ccccc2)CC[C@H]1[C@@H](C)CC=C(C)C. The van der Waals surface area contributed by atoms with Crippen LogP contribution >= 0.6 is 0 Å². The molecule has 228 valence electrons. The van der Waals surface area contributed by atoms with E-state index in [0.717, 1.165) is 38.5 Å². The fraction of sp³-hybridized carbons (Fsp3) is 0.765. The van der Waals surface area contributed by atoms with Gasteiger partial charge in [0.15, 0.2) is 9.84 Å². The molecule has 1 aliphatic heterocycles. The molecule has 1 saturated heterocycles. The predicted molar refractivity (Wildman–Crippen MR) is 164 cm³/mol. The summed E-state index contributed by atoms with van der Waals surface area (Å²) in [6.07, 6.45) is 9.56. The van der Waals surface area contributed by atoms with Crippen LogP contribution in [0.25, 0.3) is 0 Å². The topological polar surface area (TPSA) is 83.8 Å². The third-order valence-corrected chi connectivity index (χ3v) is 12.6. The van der Waals surface area contributed by atoms with E-state index in [9.17, 15) is 18.6 Å². The van der Waals surface area contributed by atoms with Crippen molar-refractivity contribution in [3.63, 3.8) is 0 Å². The molecule has 5 nitrogen and oxygen atoms in total. The summed E-state index contributed by atoms with van der Waals surface area (Å²) >= 11 is 0. The van der Waals surface area contributed by atoms with Crippen LogP contribution in [0.4, 0.5) is 0 Å². The van der Waals surface area contributed by atoms with Crippen molar-refractivity contribution in [2.24, 2.45) is 29.1 Å². The number of rotatable bonds is 14. The molecule has 2 fully saturated rings. The summed E-state index contributed by atoms with van der Waals surface area (Å²) < 4.78 is 33.6. The van der Waals surface area contributed by atoms with Gasteiger partial charge in [-0.1, -0.05) is 57.5 Å².